The molecule has 0 heterocycles. The van der Waals surface area contributed by atoms with Crippen molar-refractivity contribution in [2.24, 2.45) is 11.1 Å². The summed E-state index contributed by atoms with van der Waals surface area (Å²) in [5.41, 5.74) is 5.65. The van der Waals surface area contributed by atoms with Crippen LogP contribution < -0.4 is 5.73 Å². The fourth-order valence-corrected chi connectivity index (χ4v) is 1.93. The number of thiocarbonyl (C=S) groups is 1. The van der Waals surface area contributed by atoms with E-state index < -0.39 is 0 Å². The van der Waals surface area contributed by atoms with E-state index in [4.69, 9.17) is 22.7 Å². The van der Waals surface area contributed by atoms with Gasteiger partial charge in [-0.1, -0.05) is 65.1 Å². The Morgan fingerprint density at radius 3 is 2.17 bits per heavy atom. The van der Waals surface area contributed by atoms with Crippen molar-refractivity contribution in [2.75, 3.05) is 13.2 Å². The smallest absolute Gasteiger partial charge is 0.0784 e. The molecule has 2 nitrogen and oxygen atoms in total. The maximum absolute atomic E-state index is 5.68. The maximum atomic E-state index is 5.68. The Morgan fingerprint density at radius 1 is 1.00 bits per heavy atom. The number of ether oxygens (including phenoxy) is 1. The van der Waals surface area contributed by atoms with E-state index in [9.17, 15) is 0 Å². The predicted octanol–water partition coefficient (Wildman–Crippen LogP) is 4.46. The van der Waals surface area contributed by atoms with E-state index in [2.05, 4.69) is 20.8 Å². The summed E-state index contributed by atoms with van der Waals surface area (Å²) in [6.07, 6.45) is 9.97. The Kier molecular flexibility index (Phi) is 10.7. The second-order valence-electron chi connectivity index (χ2n) is 5.73. The average Bonchev–Trinajstić information content (AvgIpc) is 2.31. The zero-order chi connectivity index (χ0) is 13.9. The van der Waals surface area contributed by atoms with Gasteiger partial charge in [0.15, 0.2) is 0 Å². The zero-order valence-electron chi connectivity index (χ0n) is 12.5. The molecule has 0 amide bonds. The molecule has 0 saturated heterocycles. The minimum absolute atomic E-state index is 0.0289. The minimum atomic E-state index is -0.0289. The molecule has 0 aliphatic rings. The topological polar surface area (TPSA) is 35.2 Å². The van der Waals surface area contributed by atoms with Crippen LogP contribution in [0.3, 0.4) is 0 Å². The number of nitrogens with two attached hydrogens (primary N) is 1. The molecule has 0 aromatic carbocycles. The van der Waals surface area contributed by atoms with Crippen molar-refractivity contribution < 1.29 is 4.74 Å². The van der Waals surface area contributed by atoms with Gasteiger partial charge >= 0.3 is 0 Å². The van der Waals surface area contributed by atoms with E-state index in [0.717, 1.165) is 26.1 Å². The van der Waals surface area contributed by atoms with Gasteiger partial charge in [-0.15, -0.1) is 0 Å². The van der Waals surface area contributed by atoms with Crippen LogP contribution in [0.5, 0.6) is 0 Å². The monoisotopic (exact) mass is 273 g/mol. The molecule has 0 aromatic heterocycles. The fraction of sp³-hybridized carbons (Fsp3) is 0.933. The number of rotatable bonds is 12. The summed E-state index contributed by atoms with van der Waals surface area (Å²) in [5.74, 6) is 0. The van der Waals surface area contributed by atoms with Gasteiger partial charge in [-0.25, -0.2) is 0 Å². The summed E-state index contributed by atoms with van der Waals surface area (Å²) in [6.45, 7) is 8.18. The van der Waals surface area contributed by atoms with E-state index in [1.165, 1.54) is 38.5 Å². The molecule has 0 bridgehead atoms. The second-order valence-corrected chi connectivity index (χ2v) is 6.17. The first-order chi connectivity index (χ1) is 8.50. The Morgan fingerprint density at radius 2 is 1.56 bits per heavy atom. The Hall–Kier alpha value is -0.150. The Labute approximate surface area is 119 Å². The summed E-state index contributed by atoms with van der Waals surface area (Å²) < 4.78 is 5.63. The van der Waals surface area contributed by atoms with E-state index in [-0.39, 0.29) is 5.41 Å². The molecule has 3 heteroatoms. The molecule has 0 aliphatic carbocycles. The van der Waals surface area contributed by atoms with Gasteiger partial charge in [0.1, 0.15) is 0 Å². The molecule has 0 saturated carbocycles. The summed E-state index contributed by atoms with van der Waals surface area (Å²) in [5, 5.41) is 0. The predicted molar refractivity (Wildman–Crippen MR) is 84.0 cm³/mol. The second kappa shape index (κ2) is 10.7. The van der Waals surface area contributed by atoms with Gasteiger partial charge in [0, 0.05) is 18.6 Å². The lowest BCUT2D eigenvalue weighted by Gasteiger charge is -2.22. The van der Waals surface area contributed by atoms with E-state index in [0.29, 0.717) is 4.99 Å². The summed E-state index contributed by atoms with van der Waals surface area (Å²) in [4.78, 5) is 0.610. The SMILES string of the molecule is CCCCCCCCOCCCC(C)(C)C(N)=S. The highest BCUT2D eigenvalue weighted by Gasteiger charge is 2.20. The van der Waals surface area contributed by atoms with Crippen LogP contribution in [0.1, 0.15) is 72.1 Å². The van der Waals surface area contributed by atoms with Gasteiger partial charge in [0.05, 0.1) is 4.99 Å². The van der Waals surface area contributed by atoms with Gasteiger partial charge in [0.25, 0.3) is 0 Å². The van der Waals surface area contributed by atoms with Crippen LogP contribution in [0.2, 0.25) is 0 Å². The Bertz CT molecular complexity index is 217. The van der Waals surface area contributed by atoms with Crippen LogP contribution in [-0.4, -0.2) is 18.2 Å². The maximum Gasteiger partial charge on any atom is 0.0784 e. The number of unbranched alkanes of at least 4 members (excludes halogenated alkanes) is 5. The molecule has 0 spiro atoms. The average molecular weight is 273 g/mol. The van der Waals surface area contributed by atoms with Crippen LogP contribution in [0.4, 0.5) is 0 Å². The van der Waals surface area contributed by atoms with Crippen molar-refractivity contribution in [3.05, 3.63) is 0 Å². The number of hydrogen-bond donors (Lipinski definition) is 1. The molecule has 0 rings (SSSR count). The molecule has 2 N–H and O–H groups in total. The van der Waals surface area contributed by atoms with Crippen LogP contribution in [0.25, 0.3) is 0 Å². The molecule has 0 aromatic rings. The van der Waals surface area contributed by atoms with Crippen molar-refractivity contribution in [3.63, 3.8) is 0 Å². The van der Waals surface area contributed by atoms with Crippen molar-refractivity contribution in [2.45, 2.75) is 72.1 Å². The molecule has 18 heavy (non-hydrogen) atoms. The highest BCUT2D eigenvalue weighted by molar-refractivity contribution is 7.80. The van der Waals surface area contributed by atoms with Crippen LogP contribution in [0.15, 0.2) is 0 Å². The first kappa shape index (κ1) is 17.8. The van der Waals surface area contributed by atoms with Crippen molar-refractivity contribution in [3.8, 4) is 0 Å². The zero-order valence-corrected chi connectivity index (χ0v) is 13.3. The first-order valence-electron chi connectivity index (χ1n) is 7.38. The minimum Gasteiger partial charge on any atom is -0.393 e. The third-order valence-electron chi connectivity index (χ3n) is 3.40. The lowest BCUT2D eigenvalue weighted by atomic mass is 9.88. The summed E-state index contributed by atoms with van der Waals surface area (Å²) in [7, 11) is 0. The third kappa shape index (κ3) is 9.84. The first-order valence-corrected chi connectivity index (χ1v) is 7.79. The van der Waals surface area contributed by atoms with Gasteiger partial charge in [-0.05, 0) is 19.3 Å². The standard InChI is InChI=1S/C15H31NOS/c1-4-5-6-7-8-9-12-17-13-10-11-15(2,3)14(16)18/h4-13H2,1-3H3,(H2,16,18). The lowest BCUT2D eigenvalue weighted by molar-refractivity contribution is 0.121. The van der Waals surface area contributed by atoms with Crippen molar-refractivity contribution >= 4 is 17.2 Å². The van der Waals surface area contributed by atoms with Crippen molar-refractivity contribution in [1.82, 2.24) is 0 Å². The van der Waals surface area contributed by atoms with Crippen LogP contribution in [0, 0.1) is 5.41 Å². The molecular weight excluding hydrogens is 242 g/mol. The molecule has 0 atom stereocenters. The molecular formula is C15H31NOS. The highest BCUT2D eigenvalue weighted by atomic mass is 32.1. The van der Waals surface area contributed by atoms with E-state index in [1.54, 1.807) is 0 Å². The third-order valence-corrected chi connectivity index (χ3v) is 3.95. The Balaban J connectivity index is 3.24. The highest BCUT2D eigenvalue weighted by Crippen LogP contribution is 2.22. The van der Waals surface area contributed by atoms with Crippen LogP contribution in [-0.2, 0) is 4.74 Å². The fourth-order valence-electron chi connectivity index (χ4n) is 1.83. The van der Waals surface area contributed by atoms with Gasteiger partial charge in [-0.3, -0.25) is 0 Å². The molecule has 0 aliphatic heterocycles. The quantitative estimate of drug-likeness (QED) is 0.421. The van der Waals surface area contributed by atoms with E-state index in [1.807, 2.05) is 0 Å². The largest absolute Gasteiger partial charge is 0.393 e. The summed E-state index contributed by atoms with van der Waals surface area (Å²) in [6, 6.07) is 0. The molecule has 0 fully saturated rings. The number of hydrogen-bond acceptors (Lipinski definition) is 2. The van der Waals surface area contributed by atoms with Crippen LogP contribution >= 0.6 is 12.2 Å². The van der Waals surface area contributed by atoms with E-state index >= 15 is 0 Å². The van der Waals surface area contributed by atoms with Gasteiger partial charge in [0.2, 0.25) is 0 Å². The van der Waals surface area contributed by atoms with Gasteiger partial charge in [-0.2, -0.15) is 0 Å². The summed E-state index contributed by atoms with van der Waals surface area (Å²) >= 11 is 5.04. The molecule has 108 valence electrons. The van der Waals surface area contributed by atoms with Gasteiger partial charge < -0.3 is 10.5 Å². The molecule has 0 radical (unpaired) electrons. The molecule has 0 unspecified atom stereocenters. The normalized spacial score (nSPS) is 11.7. The lowest BCUT2D eigenvalue weighted by Crippen LogP contribution is -2.29. The van der Waals surface area contributed by atoms with Crippen molar-refractivity contribution in [1.29, 1.82) is 0 Å².